The van der Waals surface area contributed by atoms with Gasteiger partial charge in [-0.15, -0.1) is 11.3 Å². The molecule has 0 N–H and O–H groups in total. The van der Waals surface area contributed by atoms with Crippen LogP contribution in [0.3, 0.4) is 0 Å². The van der Waals surface area contributed by atoms with Gasteiger partial charge in [0.15, 0.2) is 4.96 Å². The Morgan fingerprint density at radius 1 is 1.18 bits per heavy atom. The molecule has 86 valence electrons. The second kappa shape index (κ2) is 3.70. The molecule has 2 heterocycles. The smallest absolute Gasteiger partial charge is 0.194 e. The van der Waals surface area contributed by atoms with Gasteiger partial charge in [0.25, 0.3) is 0 Å². The first kappa shape index (κ1) is 10.5. The van der Waals surface area contributed by atoms with Crippen molar-refractivity contribution in [2.24, 2.45) is 0 Å². The van der Waals surface area contributed by atoms with Crippen molar-refractivity contribution in [3.05, 3.63) is 46.6 Å². The lowest BCUT2D eigenvalue weighted by Crippen LogP contribution is -1.85. The summed E-state index contributed by atoms with van der Waals surface area (Å²) < 4.78 is 2.15. The Morgan fingerprint density at radius 2 is 2.00 bits per heavy atom. The quantitative estimate of drug-likeness (QED) is 0.630. The van der Waals surface area contributed by atoms with Crippen molar-refractivity contribution in [3.8, 4) is 11.3 Å². The van der Waals surface area contributed by atoms with Gasteiger partial charge >= 0.3 is 0 Å². The van der Waals surface area contributed by atoms with E-state index in [2.05, 4.69) is 59.9 Å². The summed E-state index contributed by atoms with van der Waals surface area (Å²) in [4.78, 5) is 5.76. The van der Waals surface area contributed by atoms with Crippen molar-refractivity contribution in [1.29, 1.82) is 0 Å². The summed E-state index contributed by atoms with van der Waals surface area (Å²) in [7, 11) is 0. The zero-order valence-corrected chi connectivity index (χ0v) is 11.0. The molecule has 0 fully saturated rings. The molecule has 0 bridgehead atoms. The van der Waals surface area contributed by atoms with E-state index in [-0.39, 0.29) is 0 Å². The van der Waals surface area contributed by atoms with E-state index in [9.17, 15) is 0 Å². The molecule has 0 unspecified atom stereocenters. The van der Waals surface area contributed by atoms with Gasteiger partial charge in [-0.1, -0.05) is 17.7 Å². The normalized spacial score (nSPS) is 11.2. The Labute approximate surface area is 105 Å². The molecule has 3 aromatic rings. The topological polar surface area (TPSA) is 17.3 Å². The average Bonchev–Trinajstić information content (AvgIpc) is 2.85. The molecule has 2 nitrogen and oxygen atoms in total. The molecule has 0 aliphatic heterocycles. The van der Waals surface area contributed by atoms with Gasteiger partial charge < -0.3 is 0 Å². The summed E-state index contributed by atoms with van der Waals surface area (Å²) in [5.41, 5.74) is 6.10. The molecule has 0 spiro atoms. The van der Waals surface area contributed by atoms with Gasteiger partial charge in [0.1, 0.15) is 0 Å². The zero-order chi connectivity index (χ0) is 12.0. The predicted molar refractivity (Wildman–Crippen MR) is 72.7 cm³/mol. The molecule has 0 radical (unpaired) electrons. The first-order chi connectivity index (χ1) is 8.15. The Morgan fingerprint density at radius 3 is 2.76 bits per heavy atom. The predicted octanol–water partition coefficient (Wildman–Crippen LogP) is 3.99. The highest BCUT2D eigenvalue weighted by molar-refractivity contribution is 7.15. The standard InChI is InChI=1S/C14H14N2S/c1-9-4-5-10(2)12(6-9)13-7-16-11(3)8-17-14(16)15-13/h4-8H,1-3H3. The van der Waals surface area contributed by atoms with Crippen molar-refractivity contribution in [3.63, 3.8) is 0 Å². The summed E-state index contributed by atoms with van der Waals surface area (Å²) in [6.45, 7) is 6.36. The van der Waals surface area contributed by atoms with E-state index in [4.69, 9.17) is 0 Å². The third-order valence-electron chi connectivity index (χ3n) is 3.06. The minimum Gasteiger partial charge on any atom is -0.294 e. The number of hydrogen-bond donors (Lipinski definition) is 0. The number of benzene rings is 1. The molecule has 3 rings (SSSR count). The Balaban J connectivity index is 2.23. The van der Waals surface area contributed by atoms with E-state index >= 15 is 0 Å². The van der Waals surface area contributed by atoms with Crippen LogP contribution in [0.2, 0.25) is 0 Å². The lowest BCUT2D eigenvalue weighted by Gasteiger charge is -2.03. The number of aryl methyl sites for hydroxylation is 3. The van der Waals surface area contributed by atoms with Gasteiger partial charge in [-0.25, -0.2) is 4.98 Å². The van der Waals surface area contributed by atoms with E-state index in [0.29, 0.717) is 0 Å². The second-order valence-electron chi connectivity index (χ2n) is 4.47. The summed E-state index contributed by atoms with van der Waals surface area (Å²) in [6, 6.07) is 6.50. The molecular weight excluding hydrogens is 228 g/mol. The molecule has 2 aromatic heterocycles. The van der Waals surface area contributed by atoms with Crippen molar-refractivity contribution >= 4 is 16.3 Å². The molecule has 0 atom stereocenters. The molecule has 0 aliphatic rings. The number of thiazole rings is 1. The maximum Gasteiger partial charge on any atom is 0.194 e. The number of fused-ring (bicyclic) bond motifs is 1. The van der Waals surface area contributed by atoms with Crippen molar-refractivity contribution < 1.29 is 0 Å². The van der Waals surface area contributed by atoms with Gasteiger partial charge in [0, 0.05) is 22.8 Å². The van der Waals surface area contributed by atoms with E-state index in [1.807, 2.05) is 0 Å². The van der Waals surface area contributed by atoms with Crippen LogP contribution in [-0.2, 0) is 0 Å². The molecule has 0 saturated heterocycles. The third kappa shape index (κ3) is 1.67. The molecule has 0 amide bonds. The lowest BCUT2D eigenvalue weighted by molar-refractivity contribution is 1.13. The minimum atomic E-state index is 1.07. The first-order valence-corrected chi connectivity index (χ1v) is 6.54. The van der Waals surface area contributed by atoms with Gasteiger partial charge in [-0.2, -0.15) is 0 Å². The zero-order valence-electron chi connectivity index (χ0n) is 10.2. The van der Waals surface area contributed by atoms with E-state index in [1.165, 1.54) is 22.4 Å². The molecule has 17 heavy (non-hydrogen) atoms. The number of nitrogens with zero attached hydrogens (tertiary/aromatic N) is 2. The van der Waals surface area contributed by atoms with Crippen LogP contribution in [0.25, 0.3) is 16.2 Å². The largest absolute Gasteiger partial charge is 0.294 e. The van der Waals surface area contributed by atoms with E-state index < -0.39 is 0 Å². The Kier molecular flexibility index (Phi) is 2.30. The fraction of sp³-hybridized carbons (Fsp3) is 0.214. The fourth-order valence-corrected chi connectivity index (χ4v) is 2.89. The summed E-state index contributed by atoms with van der Waals surface area (Å²) in [5, 5.41) is 2.13. The maximum absolute atomic E-state index is 4.69. The van der Waals surface area contributed by atoms with Crippen LogP contribution in [0.1, 0.15) is 16.8 Å². The van der Waals surface area contributed by atoms with Gasteiger partial charge in [-0.3, -0.25) is 4.40 Å². The average molecular weight is 242 g/mol. The lowest BCUT2D eigenvalue weighted by atomic mass is 10.0. The van der Waals surface area contributed by atoms with Gasteiger partial charge in [0.05, 0.1) is 5.69 Å². The second-order valence-corrected chi connectivity index (χ2v) is 5.31. The van der Waals surface area contributed by atoms with Crippen LogP contribution in [0.4, 0.5) is 0 Å². The van der Waals surface area contributed by atoms with Crippen LogP contribution >= 0.6 is 11.3 Å². The number of aromatic nitrogens is 2. The van der Waals surface area contributed by atoms with Crippen molar-refractivity contribution in [2.45, 2.75) is 20.8 Å². The van der Waals surface area contributed by atoms with Crippen LogP contribution in [0, 0.1) is 20.8 Å². The summed E-state index contributed by atoms with van der Waals surface area (Å²) in [6.07, 6.45) is 2.13. The van der Waals surface area contributed by atoms with Crippen LogP contribution in [0.5, 0.6) is 0 Å². The highest BCUT2D eigenvalue weighted by atomic mass is 32.1. The fourth-order valence-electron chi connectivity index (χ4n) is 2.04. The highest BCUT2D eigenvalue weighted by Crippen LogP contribution is 2.26. The molecule has 3 heteroatoms. The SMILES string of the molecule is Cc1ccc(C)c(-c2cn3c(C)csc3n2)c1. The van der Waals surface area contributed by atoms with E-state index in [1.54, 1.807) is 11.3 Å². The Bertz CT molecular complexity index is 691. The molecule has 0 aliphatic carbocycles. The number of imidazole rings is 1. The van der Waals surface area contributed by atoms with Gasteiger partial charge in [0.2, 0.25) is 0 Å². The van der Waals surface area contributed by atoms with Crippen LogP contribution in [0.15, 0.2) is 29.8 Å². The van der Waals surface area contributed by atoms with Crippen molar-refractivity contribution in [1.82, 2.24) is 9.38 Å². The summed E-state index contributed by atoms with van der Waals surface area (Å²) in [5.74, 6) is 0. The monoisotopic (exact) mass is 242 g/mol. The highest BCUT2D eigenvalue weighted by Gasteiger charge is 2.09. The van der Waals surface area contributed by atoms with Crippen LogP contribution < -0.4 is 0 Å². The van der Waals surface area contributed by atoms with E-state index in [0.717, 1.165) is 10.7 Å². The Hall–Kier alpha value is -1.61. The van der Waals surface area contributed by atoms with Crippen molar-refractivity contribution in [2.75, 3.05) is 0 Å². The van der Waals surface area contributed by atoms with Gasteiger partial charge in [-0.05, 0) is 32.4 Å². The first-order valence-electron chi connectivity index (χ1n) is 5.66. The molecular formula is C14H14N2S. The maximum atomic E-state index is 4.69. The summed E-state index contributed by atoms with van der Waals surface area (Å²) >= 11 is 1.69. The number of rotatable bonds is 1. The van der Waals surface area contributed by atoms with Crippen LogP contribution in [-0.4, -0.2) is 9.38 Å². The number of hydrogen-bond acceptors (Lipinski definition) is 2. The minimum absolute atomic E-state index is 1.07. The molecule has 0 saturated carbocycles. The molecule has 1 aromatic carbocycles. The third-order valence-corrected chi connectivity index (χ3v) is 4.02.